The standard InChI is InChI=1S/C8H7ClF2N4/c1-2-15-7-4(5(9)12-3-13-7)14-8(15)6(10)11/h3,6H,2H2,1H3. The maximum Gasteiger partial charge on any atom is 0.295 e. The zero-order valence-corrected chi connectivity index (χ0v) is 8.54. The van der Waals surface area contributed by atoms with Gasteiger partial charge >= 0.3 is 0 Å². The van der Waals surface area contributed by atoms with Crippen LogP contribution in [0.2, 0.25) is 5.15 Å². The van der Waals surface area contributed by atoms with Crippen LogP contribution in [0.3, 0.4) is 0 Å². The van der Waals surface area contributed by atoms with Crippen molar-refractivity contribution >= 4 is 22.8 Å². The van der Waals surface area contributed by atoms with Crippen molar-refractivity contribution in [3.63, 3.8) is 0 Å². The lowest BCUT2D eigenvalue weighted by Crippen LogP contribution is -2.02. The lowest BCUT2D eigenvalue weighted by atomic mass is 10.5. The minimum atomic E-state index is -2.64. The van der Waals surface area contributed by atoms with Gasteiger partial charge in [-0.05, 0) is 6.92 Å². The summed E-state index contributed by atoms with van der Waals surface area (Å²) in [6.45, 7) is 2.10. The van der Waals surface area contributed by atoms with E-state index in [0.717, 1.165) is 0 Å². The van der Waals surface area contributed by atoms with Crippen LogP contribution in [0.4, 0.5) is 8.78 Å². The van der Waals surface area contributed by atoms with Crippen LogP contribution in [0.15, 0.2) is 6.33 Å². The summed E-state index contributed by atoms with van der Waals surface area (Å²) >= 11 is 5.73. The Morgan fingerprint density at radius 3 is 2.80 bits per heavy atom. The third-order valence-corrected chi connectivity index (χ3v) is 2.30. The van der Waals surface area contributed by atoms with E-state index in [1.54, 1.807) is 6.92 Å². The second kappa shape index (κ2) is 3.69. The van der Waals surface area contributed by atoms with Crippen LogP contribution in [-0.4, -0.2) is 19.5 Å². The molecule has 2 rings (SSSR count). The van der Waals surface area contributed by atoms with Gasteiger partial charge in [-0.25, -0.2) is 23.7 Å². The SMILES string of the molecule is CCn1c(C(F)F)nc2c(Cl)ncnc21. The molecule has 2 aromatic rings. The molecule has 0 atom stereocenters. The molecular formula is C8H7ClF2N4. The molecule has 0 radical (unpaired) electrons. The molecule has 80 valence electrons. The van der Waals surface area contributed by atoms with Gasteiger partial charge in [0.2, 0.25) is 0 Å². The Morgan fingerprint density at radius 2 is 2.20 bits per heavy atom. The number of halogens is 3. The van der Waals surface area contributed by atoms with Gasteiger partial charge in [-0.15, -0.1) is 0 Å². The van der Waals surface area contributed by atoms with Gasteiger partial charge in [0, 0.05) is 6.54 Å². The third-order valence-electron chi connectivity index (χ3n) is 2.03. The summed E-state index contributed by atoms with van der Waals surface area (Å²) in [7, 11) is 0. The van der Waals surface area contributed by atoms with Crippen LogP contribution in [0.5, 0.6) is 0 Å². The van der Waals surface area contributed by atoms with Crippen LogP contribution in [0, 0.1) is 0 Å². The Hall–Kier alpha value is -1.30. The van der Waals surface area contributed by atoms with Crippen molar-refractivity contribution in [1.29, 1.82) is 0 Å². The Bertz CT molecular complexity index is 497. The van der Waals surface area contributed by atoms with Crippen molar-refractivity contribution in [3.05, 3.63) is 17.3 Å². The van der Waals surface area contributed by atoms with Gasteiger partial charge in [-0.1, -0.05) is 11.6 Å². The van der Waals surface area contributed by atoms with Gasteiger partial charge in [-0.2, -0.15) is 0 Å². The lowest BCUT2D eigenvalue weighted by molar-refractivity contribution is 0.136. The molecule has 2 aromatic heterocycles. The number of hydrogen-bond donors (Lipinski definition) is 0. The van der Waals surface area contributed by atoms with E-state index >= 15 is 0 Å². The van der Waals surface area contributed by atoms with Gasteiger partial charge in [0.05, 0.1) is 0 Å². The Balaban J connectivity index is 2.78. The molecule has 0 amide bonds. The molecule has 0 unspecified atom stereocenters. The molecule has 0 spiro atoms. The molecule has 2 heterocycles. The number of hydrogen-bond acceptors (Lipinski definition) is 3. The predicted octanol–water partition coefficient (Wildman–Crippen LogP) is 2.44. The summed E-state index contributed by atoms with van der Waals surface area (Å²) in [4.78, 5) is 11.3. The first-order valence-electron chi connectivity index (χ1n) is 4.30. The van der Waals surface area contributed by atoms with Crippen molar-refractivity contribution in [2.75, 3.05) is 0 Å². The zero-order chi connectivity index (χ0) is 11.0. The van der Waals surface area contributed by atoms with Crippen LogP contribution in [0.25, 0.3) is 11.2 Å². The fourth-order valence-corrected chi connectivity index (χ4v) is 1.57. The Kier molecular flexibility index (Phi) is 2.52. The van der Waals surface area contributed by atoms with E-state index in [-0.39, 0.29) is 16.5 Å². The maximum atomic E-state index is 12.6. The molecule has 0 aliphatic rings. The van der Waals surface area contributed by atoms with Crippen LogP contribution < -0.4 is 0 Å². The first kappa shape index (κ1) is 10.2. The van der Waals surface area contributed by atoms with E-state index in [9.17, 15) is 8.78 Å². The van der Waals surface area contributed by atoms with E-state index in [1.165, 1.54) is 10.9 Å². The first-order valence-corrected chi connectivity index (χ1v) is 4.67. The van der Waals surface area contributed by atoms with Crippen LogP contribution >= 0.6 is 11.6 Å². The Labute approximate surface area is 88.9 Å². The van der Waals surface area contributed by atoms with Crippen molar-refractivity contribution in [2.45, 2.75) is 19.9 Å². The van der Waals surface area contributed by atoms with Gasteiger partial charge < -0.3 is 4.57 Å². The highest BCUT2D eigenvalue weighted by atomic mass is 35.5. The quantitative estimate of drug-likeness (QED) is 0.747. The number of fused-ring (bicyclic) bond motifs is 1. The third kappa shape index (κ3) is 1.54. The molecular weight excluding hydrogens is 226 g/mol. The molecule has 0 aliphatic heterocycles. The first-order chi connectivity index (χ1) is 7.15. The zero-order valence-electron chi connectivity index (χ0n) is 7.78. The number of aromatic nitrogens is 4. The van der Waals surface area contributed by atoms with Crippen LogP contribution in [-0.2, 0) is 6.54 Å². The highest BCUT2D eigenvalue weighted by Gasteiger charge is 2.20. The van der Waals surface area contributed by atoms with Gasteiger partial charge in [-0.3, -0.25) is 0 Å². The minimum absolute atomic E-state index is 0.0918. The number of imidazole rings is 1. The maximum absolute atomic E-state index is 12.6. The van der Waals surface area contributed by atoms with Crippen molar-refractivity contribution in [3.8, 4) is 0 Å². The number of aryl methyl sites for hydroxylation is 1. The van der Waals surface area contributed by atoms with Crippen molar-refractivity contribution in [2.24, 2.45) is 0 Å². The molecule has 4 nitrogen and oxygen atoms in total. The second-order valence-electron chi connectivity index (χ2n) is 2.85. The Morgan fingerprint density at radius 1 is 1.47 bits per heavy atom. The summed E-state index contributed by atoms with van der Waals surface area (Å²) in [5.74, 6) is -0.324. The summed E-state index contributed by atoms with van der Waals surface area (Å²) in [6, 6.07) is 0. The summed E-state index contributed by atoms with van der Waals surface area (Å²) in [5.41, 5.74) is 0.559. The van der Waals surface area contributed by atoms with Crippen molar-refractivity contribution in [1.82, 2.24) is 19.5 Å². The molecule has 0 aromatic carbocycles. The fraction of sp³-hybridized carbons (Fsp3) is 0.375. The van der Waals surface area contributed by atoms with E-state index < -0.39 is 6.43 Å². The molecule has 15 heavy (non-hydrogen) atoms. The molecule has 0 saturated heterocycles. The van der Waals surface area contributed by atoms with E-state index in [2.05, 4.69) is 15.0 Å². The lowest BCUT2D eigenvalue weighted by Gasteiger charge is -2.02. The number of rotatable bonds is 2. The van der Waals surface area contributed by atoms with E-state index in [1.807, 2.05) is 0 Å². The van der Waals surface area contributed by atoms with E-state index in [4.69, 9.17) is 11.6 Å². The largest absolute Gasteiger partial charge is 0.308 e. The van der Waals surface area contributed by atoms with Gasteiger partial charge in [0.25, 0.3) is 6.43 Å². The molecule has 7 heteroatoms. The topological polar surface area (TPSA) is 43.6 Å². The normalized spacial score (nSPS) is 11.5. The molecule has 0 N–H and O–H groups in total. The van der Waals surface area contributed by atoms with Gasteiger partial charge in [0.1, 0.15) is 11.8 Å². The molecule has 0 fully saturated rings. The molecule has 0 bridgehead atoms. The minimum Gasteiger partial charge on any atom is -0.308 e. The fourth-order valence-electron chi connectivity index (χ4n) is 1.40. The average Bonchev–Trinajstić information content (AvgIpc) is 2.57. The second-order valence-corrected chi connectivity index (χ2v) is 3.21. The summed E-state index contributed by atoms with van der Waals surface area (Å²) < 4.78 is 26.5. The highest BCUT2D eigenvalue weighted by Crippen LogP contribution is 2.25. The summed E-state index contributed by atoms with van der Waals surface area (Å²) in [6.07, 6.45) is -1.41. The summed E-state index contributed by atoms with van der Waals surface area (Å²) in [5, 5.41) is 0.0918. The number of alkyl halides is 2. The predicted molar refractivity (Wildman–Crippen MR) is 51.0 cm³/mol. The number of nitrogens with zero attached hydrogens (tertiary/aromatic N) is 4. The highest BCUT2D eigenvalue weighted by molar-refractivity contribution is 6.33. The smallest absolute Gasteiger partial charge is 0.295 e. The van der Waals surface area contributed by atoms with Crippen LogP contribution in [0.1, 0.15) is 19.2 Å². The van der Waals surface area contributed by atoms with Gasteiger partial charge in [0.15, 0.2) is 16.6 Å². The van der Waals surface area contributed by atoms with Crippen molar-refractivity contribution < 1.29 is 8.78 Å². The van der Waals surface area contributed by atoms with E-state index in [0.29, 0.717) is 12.2 Å². The molecule has 0 aliphatic carbocycles. The monoisotopic (exact) mass is 232 g/mol. The average molecular weight is 233 g/mol. The molecule has 0 saturated carbocycles.